The fourth-order valence-electron chi connectivity index (χ4n) is 2.48. The maximum Gasteiger partial charge on any atom is 0.126 e. The summed E-state index contributed by atoms with van der Waals surface area (Å²) in [5.74, 6) is 1.77. The Morgan fingerprint density at radius 2 is 1.35 bits per heavy atom. The molecule has 0 unspecified atom stereocenters. The molecule has 0 aliphatic rings. The lowest BCUT2D eigenvalue weighted by Gasteiger charge is -2.10. The van der Waals surface area contributed by atoms with Crippen molar-refractivity contribution in [2.75, 3.05) is 14.2 Å². The lowest BCUT2D eigenvalue weighted by molar-refractivity contribution is 0.415. The third-order valence-electron chi connectivity index (χ3n) is 3.50. The summed E-state index contributed by atoms with van der Waals surface area (Å²) in [4.78, 5) is 0. The van der Waals surface area contributed by atoms with Crippen LogP contribution in [-0.2, 0) is 0 Å². The van der Waals surface area contributed by atoms with Crippen LogP contribution in [-0.4, -0.2) is 14.2 Å². The van der Waals surface area contributed by atoms with Gasteiger partial charge in [-0.3, -0.25) is 0 Å². The second-order valence-electron chi connectivity index (χ2n) is 4.59. The van der Waals surface area contributed by atoms with Crippen LogP contribution in [0.3, 0.4) is 0 Å². The van der Waals surface area contributed by atoms with Crippen LogP contribution in [0.5, 0.6) is 11.5 Å². The first-order chi connectivity index (χ1) is 9.83. The highest BCUT2D eigenvalue weighted by Crippen LogP contribution is 2.33. The van der Waals surface area contributed by atoms with Crippen LogP contribution in [0.4, 0.5) is 0 Å². The predicted molar refractivity (Wildman–Crippen MR) is 82.5 cm³/mol. The standard InChI is InChI=1S/C18H16O2/c1-19-14-11-9-13(10-12-14)15-5-3-7-17-16(15)6-4-8-18(17)20-2/h3-12H,1-2H3. The minimum absolute atomic E-state index is 0.867. The monoisotopic (exact) mass is 264 g/mol. The Labute approximate surface area is 118 Å². The lowest BCUT2D eigenvalue weighted by atomic mass is 9.98. The highest BCUT2D eigenvalue weighted by molar-refractivity contribution is 5.99. The van der Waals surface area contributed by atoms with Crippen molar-refractivity contribution in [3.8, 4) is 22.6 Å². The van der Waals surface area contributed by atoms with Gasteiger partial charge in [0, 0.05) is 5.39 Å². The first kappa shape index (κ1) is 12.5. The zero-order chi connectivity index (χ0) is 13.9. The number of fused-ring (bicyclic) bond motifs is 1. The molecular formula is C18H16O2. The van der Waals surface area contributed by atoms with Crippen molar-refractivity contribution < 1.29 is 9.47 Å². The Hall–Kier alpha value is -2.48. The van der Waals surface area contributed by atoms with E-state index in [2.05, 4.69) is 36.4 Å². The summed E-state index contributed by atoms with van der Waals surface area (Å²) >= 11 is 0. The third-order valence-corrected chi connectivity index (χ3v) is 3.50. The fourth-order valence-corrected chi connectivity index (χ4v) is 2.48. The normalized spacial score (nSPS) is 10.5. The Morgan fingerprint density at radius 1 is 0.650 bits per heavy atom. The largest absolute Gasteiger partial charge is 0.497 e. The topological polar surface area (TPSA) is 18.5 Å². The first-order valence-corrected chi connectivity index (χ1v) is 6.53. The van der Waals surface area contributed by atoms with Crippen LogP contribution in [0.15, 0.2) is 60.7 Å². The maximum atomic E-state index is 5.43. The summed E-state index contributed by atoms with van der Waals surface area (Å²) in [6, 6.07) is 20.5. The summed E-state index contributed by atoms with van der Waals surface area (Å²) in [5, 5.41) is 2.32. The molecule has 2 heteroatoms. The van der Waals surface area contributed by atoms with Gasteiger partial charge < -0.3 is 9.47 Å². The quantitative estimate of drug-likeness (QED) is 0.692. The molecule has 100 valence electrons. The van der Waals surface area contributed by atoms with Gasteiger partial charge in [0.2, 0.25) is 0 Å². The predicted octanol–water partition coefficient (Wildman–Crippen LogP) is 4.52. The molecule has 0 N–H and O–H groups in total. The van der Waals surface area contributed by atoms with Gasteiger partial charge in [0.15, 0.2) is 0 Å². The van der Waals surface area contributed by atoms with Gasteiger partial charge in [0.25, 0.3) is 0 Å². The molecule has 3 rings (SSSR count). The molecule has 3 aromatic rings. The SMILES string of the molecule is COc1ccc(-c2cccc3c(OC)cccc23)cc1. The molecule has 0 atom stereocenters. The van der Waals surface area contributed by atoms with Crippen molar-refractivity contribution in [1.82, 2.24) is 0 Å². The van der Waals surface area contributed by atoms with Crippen LogP contribution < -0.4 is 9.47 Å². The molecule has 0 bridgehead atoms. The summed E-state index contributed by atoms with van der Waals surface area (Å²) in [6.07, 6.45) is 0. The Balaban J connectivity index is 2.20. The van der Waals surface area contributed by atoms with Crippen molar-refractivity contribution in [2.24, 2.45) is 0 Å². The van der Waals surface area contributed by atoms with Crippen LogP contribution in [0, 0.1) is 0 Å². The van der Waals surface area contributed by atoms with Crippen molar-refractivity contribution in [3.63, 3.8) is 0 Å². The van der Waals surface area contributed by atoms with Gasteiger partial charge in [-0.05, 0) is 34.7 Å². The molecule has 0 spiro atoms. The Morgan fingerprint density at radius 3 is 2.05 bits per heavy atom. The minimum atomic E-state index is 0.867. The summed E-state index contributed by atoms with van der Waals surface area (Å²) in [6.45, 7) is 0. The molecule has 0 aliphatic heterocycles. The summed E-state index contributed by atoms with van der Waals surface area (Å²) in [7, 11) is 3.38. The lowest BCUT2D eigenvalue weighted by Crippen LogP contribution is -1.87. The molecule has 0 fully saturated rings. The van der Waals surface area contributed by atoms with Gasteiger partial charge >= 0.3 is 0 Å². The summed E-state index contributed by atoms with van der Waals surface area (Å²) < 4.78 is 10.6. The molecule has 0 aliphatic carbocycles. The molecule has 0 amide bonds. The smallest absolute Gasteiger partial charge is 0.126 e. The Kier molecular flexibility index (Phi) is 3.30. The molecule has 20 heavy (non-hydrogen) atoms. The van der Waals surface area contributed by atoms with Gasteiger partial charge in [-0.15, -0.1) is 0 Å². The van der Waals surface area contributed by atoms with Crippen LogP contribution in [0.2, 0.25) is 0 Å². The average molecular weight is 264 g/mol. The van der Waals surface area contributed by atoms with Gasteiger partial charge in [0.05, 0.1) is 14.2 Å². The maximum absolute atomic E-state index is 5.43. The van der Waals surface area contributed by atoms with Crippen molar-refractivity contribution in [1.29, 1.82) is 0 Å². The minimum Gasteiger partial charge on any atom is -0.497 e. The van der Waals surface area contributed by atoms with Gasteiger partial charge in [-0.2, -0.15) is 0 Å². The van der Waals surface area contributed by atoms with E-state index in [0.29, 0.717) is 0 Å². The third kappa shape index (κ3) is 2.10. The molecule has 0 saturated carbocycles. The molecular weight excluding hydrogens is 248 g/mol. The number of methoxy groups -OCH3 is 2. The van der Waals surface area contributed by atoms with E-state index in [1.165, 1.54) is 16.5 Å². The van der Waals surface area contributed by atoms with Crippen molar-refractivity contribution in [2.45, 2.75) is 0 Å². The molecule has 0 aromatic heterocycles. The Bertz CT molecular complexity index is 730. The van der Waals surface area contributed by atoms with Crippen molar-refractivity contribution in [3.05, 3.63) is 60.7 Å². The van der Waals surface area contributed by atoms with E-state index in [-0.39, 0.29) is 0 Å². The van der Waals surface area contributed by atoms with Crippen LogP contribution in [0.25, 0.3) is 21.9 Å². The second-order valence-corrected chi connectivity index (χ2v) is 4.59. The highest BCUT2D eigenvalue weighted by atomic mass is 16.5. The highest BCUT2D eigenvalue weighted by Gasteiger charge is 2.06. The molecule has 3 aromatic carbocycles. The van der Waals surface area contributed by atoms with E-state index in [4.69, 9.17) is 9.47 Å². The molecule has 0 heterocycles. The average Bonchev–Trinajstić information content (AvgIpc) is 2.54. The first-order valence-electron chi connectivity index (χ1n) is 6.53. The van der Waals surface area contributed by atoms with E-state index >= 15 is 0 Å². The zero-order valence-electron chi connectivity index (χ0n) is 11.6. The van der Waals surface area contributed by atoms with Gasteiger partial charge in [-0.25, -0.2) is 0 Å². The van der Waals surface area contributed by atoms with E-state index < -0.39 is 0 Å². The van der Waals surface area contributed by atoms with E-state index in [9.17, 15) is 0 Å². The van der Waals surface area contributed by atoms with Gasteiger partial charge in [0.1, 0.15) is 11.5 Å². The number of hydrogen-bond donors (Lipinski definition) is 0. The molecule has 2 nitrogen and oxygen atoms in total. The van der Waals surface area contributed by atoms with E-state index in [1.807, 2.05) is 24.3 Å². The van der Waals surface area contributed by atoms with E-state index in [1.54, 1.807) is 14.2 Å². The number of ether oxygens (including phenoxy) is 2. The van der Waals surface area contributed by atoms with Gasteiger partial charge in [-0.1, -0.05) is 42.5 Å². The van der Waals surface area contributed by atoms with Crippen LogP contribution in [0.1, 0.15) is 0 Å². The molecule has 0 radical (unpaired) electrons. The zero-order valence-corrected chi connectivity index (χ0v) is 11.6. The number of rotatable bonds is 3. The summed E-state index contributed by atoms with van der Waals surface area (Å²) in [5.41, 5.74) is 2.37. The van der Waals surface area contributed by atoms with E-state index in [0.717, 1.165) is 16.9 Å². The molecule has 0 saturated heterocycles. The number of hydrogen-bond acceptors (Lipinski definition) is 2. The second kappa shape index (κ2) is 5.25. The fraction of sp³-hybridized carbons (Fsp3) is 0.111. The van der Waals surface area contributed by atoms with Crippen LogP contribution >= 0.6 is 0 Å². The number of benzene rings is 3. The van der Waals surface area contributed by atoms with Crippen molar-refractivity contribution >= 4 is 10.8 Å².